The number of esters is 1. The number of nitrogens with zero attached hydrogens (tertiary/aromatic N) is 1. The molecule has 1 aromatic rings. The van der Waals surface area contributed by atoms with E-state index in [1.165, 1.54) is 24.4 Å². The number of aryl methyl sites for hydroxylation is 1. The smallest absolute Gasteiger partial charge is 0.343 e. The second-order valence-electron chi connectivity index (χ2n) is 5.55. The molecule has 2 rings (SSSR count). The first-order valence-electron chi connectivity index (χ1n) is 7.72. The molecule has 0 aliphatic heterocycles. The third-order valence-electron chi connectivity index (χ3n) is 3.85. The van der Waals surface area contributed by atoms with Gasteiger partial charge in [-0.2, -0.15) is 4.37 Å². The van der Waals surface area contributed by atoms with Gasteiger partial charge in [-0.3, -0.25) is 4.79 Å². The molecule has 0 unspecified atom stereocenters. The summed E-state index contributed by atoms with van der Waals surface area (Å²) < 4.78 is 9.24. The summed E-state index contributed by atoms with van der Waals surface area (Å²) in [6.07, 6.45) is 6.79. The SMILES string of the molecule is CNc1snc(C)c1C(=O)OCC(=O)NC1CCCCCC1. The Hall–Kier alpha value is -1.63. The predicted octanol–water partition coefficient (Wildman–Crippen LogP) is 2.49. The molecule has 1 aliphatic carbocycles. The molecule has 1 fully saturated rings. The number of hydrogen-bond acceptors (Lipinski definition) is 6. The van der Waals surface area contributed by atoms with Crippen LogP contribution in [-0.4, -0.2) is 35.9 Å². The van der Waals surface area contributed by atoms with Crippen molar-refractivity contribution in [1.82, 2.24) is 9.69 Å². The first-order chi connectivity index (χ1) is 10.6. The van der Waals surface area contributed by atoms with Crippen LogP contribution in [0.2, 0.25) is 0 Å². The molecule has 0 saturated heterocycles. The van der Waals surface area contributed by atoms with Gasteiger partial charge in [0, 0.05) is 13.1 Å². The molecule has 1 amide bonds. The van der Waals surface area contributed by atoms with Crippen LogP contribution in [0.15, 0.2) is 0 Å². The molecule has 22 heavy (non-hydrogen) atoms. The maximum Gasteiger partial charge on any atom is 0.343 e. The lowest BCUT2D eigenvalue weighted by atomic mass is 10.1. The summed E-state index contributed by atoms with van der Waals surface area (Å²) in [5.74, 6) is -0.737. The van der Waals surface area contributed by atoms with Gasteiger partial charge in [0.2, 0.25) is 0 Å². The summed E-state index contributed by atoms with van der Waals surface area (Å²) in [6, 6.07) is 0.214. The zero-order valence-corrected chi connectivity index (χ0v) is 13.9. The standard InChI is InChI=1S/C15H23N3O3S/c1-10-13(14(16-2)22-18-10)15(20)21-9-12(19)17-11-7-5-3-4-6-8-11/h11,16H,3-9H2,1-2H3,(H,17,19). The van der Waals surface area contributed by atoms with Crippen LogP contribution in [0.25, 0.3) is 0 Å². The van der Waals surface area contributed by atoms with Crippen LogP contribution < -0.4 is 10.6 Å². The van der Waals surface area contributed by atoms with E-state index in [2.05, 4.69) is 15.0 Å². The molecule has 1 heterocycles. The predicted molar refractivity (Wildman–Crippen MR) is 86.3 cm³/mol. The summed E-state index contributed by atoms with van der Waals surface area (Å²) >= 11 is 1.21. The van der Waals surface area contributed by atoms with Crippen LogP contribution in [0.1, 0.15) is 54.6 Å². The van der Waals surface area contributed by atoms with E-state index in [-0.39, 0.29) is 18.6 Å². The number of rotatable bonds is 5. The number of anilines is 1. The average molecular weight is 325 g/mol. The lowest BCUT2D eigenvalue weighted by Crippen LogP contribution is -2.37. The Morgan fingerprint density at radius 3 is 2.59 bits per heavy atom. The average Bonchev–Trinajstić information content (AvgIpc) is 2.71. The van der Waals surface area contributed by atoms with Crippen LogP contribution >= 0.6 is 11.5 Å². The molecule has 1 saturated carbocycles. The Balaban J connectivity index is 1.82. The molecule has 0 aromatic carbocycles. The Kier molecular flexibility index (Phi) is 6.18. The van der Waals surface area contributed by atoms with Gasteiger partial charge in [-0.25, -0.2) is 4.79 Å². The fourth-order valence-electron chi connectivity index (χ4n) is 2.68. The number of carbonyl (C=O) groups is 2. The highest BCUT2D eigenvalue weighted by Gasteiger charge is 2.21. The number of amides is 1. The molecule has 7 heteroatoms. The number of nitrogens with one attached hydrogen (secondary N) is 2. The van der Waals surface area contributed by atoms with Gasteiger partial charge in [-0.05, 0) is 31.3 Å². The van der Waals surface area contributed by atoms with Gasteiger partial charge in [0.15, 0.2) is 6.61 Å². The van der Waals surface area contributed by atoms with Crippen molar-refractivity contribution in [1.29, 1.82) is 0 Å². The highest BCUT2D eigenvalue weighted by molar-refractivity contribution is 7.10. The van der Waals surface area contributed by atoms with Crippen molar-refractivity contribution in [3.63, 3.8) is 0 Å². The van der Waals surface area contributed by atoms with Gasteiger partial charge in [0.05, 0.1) is 5.69 Å². The third kappa shape index (κ3) is 4.43. The van der Waals surface area contributed by atoms with Gasteiger partial charge in [0.1, 0.15) is 10.6 Å². The normalized spacial score (nSPS) is 15.9. The van der Waals surface area contributed by atoms with E-state index in [1.807, 2.05) is 0 Å². The first kappa shape index (κ1) is 16.7. The highest BCUT2D eigenvalue weighted by Crippen LogP contribution is 2.24. The Morgan fingerprint density at radius 2 is 1.95 bits per heavy atom. The van der Waals surface area contributed by atoms with Crippen molar-refractivity contribution in [2.24, 2.45) is 0 Å². The third-order valence-corrected chi connectivity index (χ3v) is 4.80. The van der Waals surface area contributed by atoms with Crippen LogP contribution in [0, 0.1) is 6.92 Å². The molecule has 122 valence electrons. The number of carbonyl (C=O) groups excluding carboxylic acids is 2. The molecule has 0 bridgehead atoms. The summed E-state index contributed by atoms with van der Waals surface area (Å²) in [4.78, 5) is 24.0. The van der Waals surface area contributed by atoms with Crippen molar-refractivity contribution in [2.45, 2.75) is 51.5 Å². The minimum Gasteiger partial charge on any atom is -0.452 e. The van der Waals surface area contributed by atoms with E-state index in [0.29, 0.717) is 16.3 Å². The van der Waals surface area contributed by atoms with Crippen molar-refractivity contribution >= 4 is 28.4 Å². The molecule has 6 nitrogen and oxygen atoms in total. The molecule has 0 radical (unpaired) electrons. The Morgan fingerprint density at radius 1 is 1.27 bits per heavy atom. The molecule has 1 aliphatic rings. The molecule has 1 aromatic heterocycles. The lowest BCUT2D eigenvalue weighted by molar-refractivity contribution is -0.125. The van der Waals surface area contributed by atoms with Crippen molar-refractivity contribution < 1.29 is 14.3 Å². The van der Waals surface area contributed by atoms with E-state index < -0.39 is 5.97 Å². The van der Waals surface area contributed by atoms with Crippen LogP contribution in [-0.2, 0) is 9.53 Å². The lowest BCUT2D eigenvalue weighted by Gasteiger charge is -2.16. The fourth-order valence-corrected chi connectivity index (χ4v) is 3.41. The summed E-state index contributed by atoms with van der Waals surface area (Å²) in [6.45, 7) is 1.51. The summed E-state index contributed by atoms with van der Waals surface area (Å²) in [7, 11) is 1.72. The number of aromatic nitrogens is 1. The maximum atomic E-state index is 12.1. The fraction of sp³-hybridized carbons (Fsp3) is 0.667. The monoisotopic (exact) mass is 325 g/mol. The topological polar surface area (TPSA) is 80.3 Å². The molecule has 2 N–H and O–H groups in total. The quantitative estimate of drug-likeness (QED) is 0.642. The zero-order chi connectivity index (χ0) is 15.9. The number of ether oxygens (including phenoxy) is 1. The van der Waals surface area contributed by atoms with Gasteiger partial charge in [-0.1, -0.05) is 25.7 Å². The van der Waals surface area contributed by atoms with E-state index in [0.717, 1.165) is 25.7 Å². The van der Waals surface area contributed by atoms with Gasteiger partial charge < -0.3 is 15.4 Å². The molecular formula is C15H23N3O3S. The maximum absolute atomic E-state index is 12.1. The van der Waals surface area contributed by atoms with Gasteiger partial charge >= 0.3 is 5.97 Å². The Labute approximate surface area is 134 Å². The summed E-state index contributed by atoms with van der Waals surface area (Å²) in [5, 5.41) is 6.53. The van der Waals surface area contributed by atoms with E-state index >= 15 is 0 Å². The first-order valence-corrected chi connectivity index (χ1v) is 8.49. The zero-order valence-electron chi connectivity index (χ0n) is 13.1. The minimum absolute atomic E-state index is 0.214. The highest BCUT2D eigenvalue weighted by atomic mass is 32.1. The minimum atomic E-state index is -0.508. The van der Waals surface area contributed by atoms with Crippen molar-refractivity contribution in [3.8, 4) is 0 Å². The van der Waals surface area contributed by atoms with Gasteiger partial charge in [-0.15, -0.1) is 0 Å². The van der Waals surface area contributed by atoms with E-state index in [9.17, 15) is 9.59 Å². The number of hydrogen-bond donors (Lipinski definition) is 2. The molecule has 0 spiro atoms. The van der Waals surface area contributed by atoms with Crippen LogP contribution in [0.5, 0.6) is 0 Å². The Bertz CT molecular complexity index is 522. The van der Waals surface area contributed by atoms with Gasteiger partial charge in [0.25, 0.3) is 5.91 Å². The van der Waals surface area contributed by atoms with E-state index in [4.69, 9.17) is 4.74 Å². The van der Waals surface area contributed by atoms with Crippen molar-refractivity contribution in [2.75, 3.05) is 19.0 Å². The van der Waals surface area contributed by atoms with Crippen LogP contribution in [0.4, 0.5) is 5.00 Å². The second kappa shape index (κ2) is 8.12. The summed E-state index contributed by atoms with van der Waals surface area (Å²) in [5.41, 5.74) is 1.03. The molecule has 0 atom stereocenters. The second-order valence-corrected chi connectivity index (χ2v) is 6.33. The van der Waals surface area contributed by atoms with Crippen molar-refractivity contribution in [3.05, 3.63) is 11.3 Å². The van der Waals surface area contributed by atoms with Crippen LogP contribution in [0.3, 0.4) is 0 Å². The largest absolute Gasteiger partial charge is 0.452 e. The molecular weight excluding hydrogens is 302 g/mol. The van der Waals surface area contributed by atoms with E-state index in [1.54, 1.807) is 14.0 Å².